The molecule has 4 nitrogen and oxygen atoms in total. The molecule has 0 bridgehead atoms. The summed E-state index contributed by atoms with van der Waals surface area (Å²) in [7, 11) is 8.01. The molecule has 0 heterocycles. The van der Waals surface area contributed by atoms with Gasteiger partial charge in [0.05, 0.1) is 0 Å². The van der Waals surface area contributed by atoms with Crippen molar-refractivity contribution < 1.29 is 0 Å². The first kappa shape index (κ1) is 9.06. The fourth-order valence-electron chi connectivity index (χ4n) is 0.287. The van der Waals surface area contributed by atoms with Gasteiger partial charge in [0.2, 0.25) is 9.84 Å². The van der Waals surface area contributed by atoms with Gasteiger partial charge in [-0.3, -0.25) is 20.2 Å². The zero-order chi connectivity index (χ0) is 7.28. The molecular formula is C4H15N4Si. The monoisotopic (exact) mass is 147 g/mol. The maximum Gasteiger partial charge on any atom is 0.233 e. The first-order valence-corrected chi connectivity index (χ1v) is 3.97. The molecule has 2 N–H and O–H groups in total. The van der Waals surface area contributed by atoms with Crippen LogP contribution in [0.5, 0.6) is 0 Å². The number of hydrogen-bond acceptors (Lipinski definition) is 4. The molecule has 9 heavy (non-hydrogen) atoms. The van der Waals surface area contributed by atoms with E-state index in [0.29, 0.717) is 0 Å². The maximum atomic E-state index is 3.14. The second-order valence-electron chi connectivity index (χ2n) is 2.19. The molecule has 1 radical (unpaired) electrons. The van der Waals surface area contributed by atoms with Crippen molar-refractivity contribution >= 4 is 9.84 Å². The average molecular weight is 147 g/mol. The van der Waals surface area contributed by atoms with Crippen LogP contribution in [0, 0.1) is 0 Å². The lowest BCUT2D eigenvalue weighted by Gasteiger charge is -2.15. The molecule has 0 aliphatic carbocycles. The highest BCUT2D eigenvalue weighted by molar-refractivity contribution is 6.28. The van der Waals surface area contributed by atoms with Crippen LogP contribution in [-0.2, 0) is 0 Å². The van der Waals surface area contributed by atoms with Gasteiger partial charge in [-0.15, -0.1) is 0 Å². The molecule has 0 saturated carbocycles. The Labute approximate surface area is 59.1 Å². The molecule has 0 aromatic carbocycles. The van der Waals surface area contributed by atoms with Crippen molar-refractivity contribution in [2.45, 2.75) is 0 Å². The van der Waals surface area contributed by atoms with Crippen LogP contribution in [0.15, 0.2) is 0 Å². The summed E-state index contributed by atoms with van der Waals surface area (Å²) >= 11 is 0. The van der Waals surface area contributed by atoms with Crippen molar-refractivity contribution in [2.24, 2.45) is 0 Å². The lowest BCUT2D eigenvalue weighted by Crippen LogP contribution is -2.46. The van der Waals surface area contributed by atoms with E-state index in [9.17, 15) is 0 Å². The third kappa shape index (κ3) is 8.06. The summed E-state index contributed by atoms with van der Waals surface area (Å²) in [6, 6.07) is 0. The van der Waals surface area contributed by atoms with E-state index >= 15 is 0 Å². The topological polar surface area (TPSA) is 30.5 Å². The largest absolute Gasteiger partial charge is 0.264 e. The van der Waals surface area contributed by atoms with Crippen molar-refractivity contribution in [3.63, 3.8) is 0 Å². The first-order valence-electron chi connectivity index (χ1n) is 2.81. The highest BCUT2D eigenvalue weighted by Crippen LogP contribution is 1.59. The Bertz CT molecular complexity index is 57.6. The Morgan fingerprint density at radius 3 is 1.44 bits per heavy atom. The highest BCUT2D eigenvalue weighted by Gasteiger charge is 1.89. The van der Waals surface area contributed by atoms with Crippen LogP contribution in [0.3, 0.4) is 0 Å². The third-order valence-corrected chi connectivity index (χ3v) is 1.94. The standard InChI is InChI=1S/C4H15N4Si/c1-7(2)5-9-6-8(3)4/h5-6,9H,1-4H3. The van der Waals surface area contributed by atoms with E-state index in [1.165, 1.54) is 0 Å². The van der Waals surface area contributed by atoms with Crippen LogP contribution in [0.25, 0.3) is 0 Å². The fourth-order valence-corrected chi connectivity index (χ4v) is 0.861. The summed E-state index contributed by atoms with van der Waals surface area (Å²) in [5.74, 6) is 0. The van der Waals surface area contributed by atoms with Gasteiger partial charge in [-0.1, -0.05) is 0 Å². The van der Waals surface area contributed by atoms with Crippen LogP contribution >= 0.6 is 0 Å². The first-order chi connectivity index (χ1) is 4.13. The van der Waals surface area contributed by atoms with Gasteiger partial charge in [0.1, 0.15) is 0 Å². The SMILES string of the molecule is CN(C)N[SiH]NN(C)C. The van der Waals surface area contributed by atoms with Gasteiger partial charge in [-0.05, 0) is 0 Å². The zero-order valence-corrected chi connectivity index (χ0v) is 7.63. The second-order valence-corrected chi connectivity index (χ2v) is 3.00. The van der Waals surface area contributed by atoms with Crippen LogP contribution in [0.4, 0.5) is 0 Å². The van der Waals surface area contributed by atoms with Crippen LogP contribution in [0.1, 0.15) is 0 Å². The zero-order valence-electron chi connectivity index (χ0n) is 6.47. The Morgan fingerprint density at radius 1 is 0.889 bits per heavy atom. The highest BCUT2D eigenvalue weighted by atomic mass is 28.2. The van der Waals surface area contributed by atoms with E-state index in [2.05, 4.69) is 10.2 Å². The van der Waals surface area contributed by atoms with Crippen molar-refractivity contribution in [2.75, 3.05) is 28.2 Å². The number of hydrazine groups is 2. The smallest absolute Gasteiger partial charge is 0.233 e. The Morgan fingerprint density at radius 2 is 1.22 bits per heavy atom. The maximum absolute atomic E-state index is 3.14. The molecular weight excluding hydrogens is 132 g/mol. The van der Waals surface area contributed by atoms with Crippen LogP contribution < -0.4 is 10.2 Å². The summed E-state index contributed by atoms with van der Waals surface area (Å²) in [6.45, 7) is 0. The molecule has 0 amide bonds. The Hall–Kier alpha value is 0.0569. The second kappa shape index (κ2) is 4.89. The molecule has 0 aromatic heterocycles. The van der Waals surface area contributed by atoms with E-state index in [-0.39, 0.29) is 9.84 Å². The minimum Gasteiger partial charge on any atom is -0.264 e. The summed E-state index contributed by atoms with van der Waals surface area (Å²) < 4.78 is 0. The molecule has 0 rings (SSSR count). The molecule has 55 valence electrons. The van der Waals surface area contributed by atoms with Gasteiger partial charge in [0.15, 0.2) is 0 Å². The van der Waals surface area contributed by atoms with Crippen molar-refractivity contribution in [1.82, 2.24) is 20.2 Å². The predicted molar refractivity (Wildman–Crippen MR) is 40.8 cm³/mol. The number of nitrogens with one attached hydrogen (secondary N) is 2. The molecule has 0 fully saturated rings. The molecule has 0 aliphatic rings. The van der Waals surface area contributed by atoms with E-state index in [1.807, 2.05) is 38.2 Å². The molecule has 0 saturated heterocycles. The molecule has 0 spiro atoms. The van der Waals surface area contributed by atoms with Gasteiger partial charge in [-0.25, -0.2) is 0 Å². The van der Waals surface area contributed by atoms with Crippen molar-refractivity contribution in [3.8, 4) is 0 Å². The van der Waals surface area contributed by atoms with Crippen LogP contribution in [0.2, 0.25) is 0 Å². The number of rotatable bonds is 4. The molecule has 0 unspecified atom stereocenters. The van der Waals surface area contributed by atoms with Crippen molar-refractivity contribution in [1.29, 1.82) is 0 Å². The quantitative estimate of drug-likeness (QED) is 0.370. The molecule has 5 heteroatoms. The predicted octanol–water partition coefficient (Wildman–Crippen LogP) is -1.61. The molecule has 0 atom stereocenters. The summed E-state index contributed by atoms with van der Waals surface area (Å²) in [6.07, 6.45) is 0. The third-order valence-electron chi connectivity index (χ3n) is 0.645. The fraction of sp³-hybridized carbons (Fsp3) is 1.00. The van der Waals surface area contributed by atoms with E-state index in [4.69, 9.17) is 0 Å². The number of nitrogens with zero attached hydrogens (tertiary/aromatic N) is 2. The van der Waals surface area contributed by atoms with E-state index < -0.39 is 0 Å². The molecule has 0 aromatic rings. The van der Waals surface area contributed by atoms with Gasteiger partial charge >= 0.3 is 0 Å². The normalized spacial score (nSPS) is 11.3. The minimum absolute atomic E-state index is 0.106. The summed E-state index contributed by atoms with van der Waals surface area (Å²) in [4.78, 5) is 0. The van der Waals surface area contributed by atoms with Gasteiger partial charge < -0.3 is 0 Å². The average Bonchev–Trinajstić information content (AvgIpc) is 1.63. The van der Waals surface area contributed by atoms with Crippen LogP contribution in [-0.4, -0.2) is 48.1 Å². The van der Waals surface area contributed by atoms with E-state index in [1.54, 1.807) is 0 Å². The molecule has 0 aliphatic heterocycles. The summed E-state index contributed by atoms with van der Waals surface area (Å²) in [5.41, 5.74) is 0. The van der Waals surface area contributed by atoms with Crippen molar-refractivity contribution in [3.05, 3.63) is 0 Å². The summed E-state index contributed by atoms with van der Waals surface area (Å²) in [5, 5.41) is 10.2. The lowest BCUT2D eigenvalue weighted by atomic mass is 11.2. The lowest BCUT2D eigenvalue weighted by molar-refractivity contribution is 0.334. The Balaban J connectivity index is 2.91. The Kier molecular flexibility index (Phi) is 4.92. The van der Waals surface area contributed by atoms with Gasteiger partial charge in [0.25, 0.3) is 0 Å². The van der Waals surface area contributed by atoms with Gasteiger partial charge in [0, 0.05) is 28.2 Å². The number of hydrogen-bond donors (Lipinski definition) is 2. The van der Waals surface area contributed by atoms with E-state index in [0.717, 1.165) is 0 Å². The minimum atomic E-state index is 0.106. The van der Waals surface area contributed by atoms with Gasteiger partial charge in [-0.2, -0.15) is 0 Å².